The van der Waals surface area contributed by atoms with Crippen LogP contribution in [-0.2, 0) is 13.0 Å². The van der Waals surface area contributed by atoms with Crippen LogP contribution in [0.25, 0.3) is 5.65 Å². The molecule has 2 aromatic heterocycles. The molecule has 9 nitrogen and oxygen atoms in total. The Balaban J connectivity index is 1.37. The maximum atomic E-state index is 13.5. The van der Waals surface area contributed by atoms with Gasteiger partial charge in [0.15, 0.2) is 5.65 Å². The van der Waals surface area contributed by atoms with E-state index < -0.39 is 17.8 Å². The minimum atomic E-state index is -0.979. The summed E-state index contributed by atoms with van der Waals surface area (Å²) in [7, 11) is 0. The van der Waals surface area contributed by atoms with Crippen LogP contribution in [0.4, 0.5) is 4.39 Å². The second kappa shape index (κ2) is 9.45. The Morgan fingerprint density at radius 3 is 2.70 bits per heavy atom. The molecule has 4 aromatic rings. The summed E-state index contributed by atoms with van der Waals surface area (Å²) >= 11 is 0. The largest absolute Gasteiger partial charge is 0.478 e. The molecule has 0 saturated heterocycles. The fourth-order valence-electron chi connectivity index (χ4n) is 4.79. The molecule has 1 atom stereocenters. The lowest BCUT2D eigenvalue weighted by atomic mass is 9.98. The quantitative estimate of drug-likeness (QED) is 0.371. The molecule has 1 aliphatic carbocycles. The lowest BCUT2D eigenvalue weighted by Gasteiger charge is -2.16. The zero-order valence-electron chi connectivity index (χ0n) is 20.2. The molecule has 2 aromatic carbocycles. The van der Waals surface area contributed by atoms with Gasteiger partial charge in [0.2, 0.25) is 0 Å². The standard InChI is InChI=1S/C27H24FN5O4/c1-14-9-16(3-7-20(14)28)11-30-25(34)22-10-23(33-13-29-12-24(33)31-22)26(35)32-21-8-6-17-15(2)18(27(36)37)4-5-19(17)21/h3-5,7,9-10,12-13,21H,6,8,11H2,1-2H3,(H,30,34)(H,32,35)(H,36,37)/t21-/m0/s1. The molecule has 0 radical (unpaired) electrons. The molecule has 0 bridgehead atoms. The number of amides is 2. The van der Waals surface area contributed by atoms with Crippen LogP contribution in [0.3, 0.4) is 0 Å². The van der Waals surface area contributed by atoms with Gasteiger partial charge in [0.1, 0.15) is 23.5 Å². The van der Waals surface area contributed by atoms with Crippen LogP contribution in [0.5, 0.6) is 0 Å². The Morgan fingerprint density at radius 2 is 1.95 bits per heavy atom. The number of rotatable bonds is 6. The average Bonchev–Trinajstić information content (AvgIpc) is 3.51. The average molecular weight is 502 g/mol. The number of nitrogens with zero attached hydrogens (tertiary/aromatic N) is 3. The van der Waals surface area contributed by atoms with E-state index in [2.05, 4.69) is 20.6 Å². The molecule has 2 heterocycles. The molecule has 1 aliphatic rings. The number of carboxylic acid groups (broad SMARTS) is 1. The Bertz CT molecular complexity index is 1580. The third-order valence-electron chi connectivity index (χ3n) is 6.76. The van der Waals surface area contributed by atoms with Gasteiger partial charge in [0.05, 0.1) is 17.8 Å². The first-order valence-corrected chi connectivity index (χ1v) is 11.8. The van der Waals surface area contributed by atoms with E-state index in [1.165, 1.54) is 29.1 Å². The number of aryl methyl sites for hydroxylation is 1. The van der Waals surface area contributed by atoms with E-state index in [0.29, 0.717) is 29.6 Å². The number of benzene rings is 2. The van der Waals surface area contributed by atoms with Gasteiger partial charge in [-0.2, -0.15) is 0 Å². The maximum Gasteiger partial charge on any atom is 0.335 e. The number of imidazole rings is 1. The van der Waals surface area contributed by atoms with E-state index in [4.69, 9.17) is 0 Å². The van der Waals surface area contributed by atoms with Gasteiger partial charge < -0.3 is 15.7 Å². The number of hydrogen-bond donors (Lipinski definition) is 3. The van der Waals surface area contributed by atoms with E-state index in [1.54, 1.807) is 38.1 Å². The van der Waals surface area contributed by atoms with E-state index in [1.807, 2.05) is 0 Å². The second-order valence-electron chi connectivity index (χ2n) is 9.09. The lowest BCUT2D eigenvalue weighted by Crippen LogP contribution is -2.30. The number of hydrogen-bond acceptors (Lipinski definition) is 5. The fraction of sp³-hybridized carbons (Fsp3) is 0.222. The fourth-order valence-corrected chi connectivity index (χ4v) is 4.79. The van der Waals surface area contributed by atoms with E-state index in [-0.39, 0.29) is 35.4 Å². The lowest BCUT2D eigenvalue weighted by molar-refractivity contribution is 0.0695. The highest BCUT2D eigenvalue weighted by Crippen LogP contribution is 2.35. The van der Waals surface area contributed by atoms with Crippen molar-refractivity contribution in [2.75, 3.05) is 0 Å². The van der Waals surface area contributed by atoms with Crippen LogP contribution >= 0.6 is 0 Å². The predicted octanol–water partition coefficient (Wildman–Crippen LogP) is 3.53. The topological polar surface area (TPSA) is 126 Å². The zero-order chi connectivity index (χ0) is 26.3. The molecule has 0 spiro atoms. The molecule has 2 amide bonds. The molecule has 37 heavy (non-hydrogen) atoms. The number of carbonyl (C=O) groups is 3. The number of halogens is 1. The van der Waals surface area contributed by atoms with Crippen LogP contribution in [0, 0.1) is 19.7 Å². The van der Waals surface area contributed by atoms with Gasteiger partial charge in [0, 0.05) is 6.54 Å². The predicted molar refractivity (Wildman–Crippen MR) is 132 cm³/mol. The summed E-state index contributed by atoms with van der Waals surface area (Å²) in [6, 6.07) is 9.02. The normalized spacial score (nSPS) is 14.4. The van der Waals surface area contributed by atoms with Crippen molar-refractivity contribution in [2.24, 2.45) is 0 Å². The van der Waals surface area contributed by atoms with Crippen molar-refractivity contribution >= 4 is 23.4 Å². The van der Waals surface area contributed by atoms with Gasteiger partial charge in [-0.3, -0.25) is 14.0 Å². The van der Waals surface area contributed by atoms with Crippen molar-refractivity contribution in [2.45, 2.75) is 39.3 Å². The number of aromatic carboxylic acids is 1. The van der Waals surface area contributed by atoms with Crippen LogP contribution in [0.15, 0.2) is 48.9 Å². The summed E-state index contributed by atoms with van der Waals surface area (Å²) < 4.78 is 15.0. The summed E-state index contributed by atoms with van der Waals surface area (Å²) in [4.78, 5) is 46.1. The third-order valence-corrected chi connectivity index (χ3v) is 6.76. The van der Waals surface area contributed by atoms with Gasteiger partial charge >= 0.3 is 5.97 Å². The van der Waals surface area contributed by atoms with Crippen molar-refractivity contribution in [1.29, 1.82) is 0 Å². The molecular weight excluding hydrogens is 477 g/mol. The molecule has 0 unspecified atom stereocenters. The molecule has 0 fully saturated rings. The van der Waals surface area contributed by atoms with Crippen LogP contribution < -0.4 is 10.6 Å². The van der Waals surface area contributed by atoms with Crippen LogP contribution in [-0.4, -0.2) is 37.3 Å². The molecular formula is C27H24FN5O4. The Labute approximate surface area is 211 Å². The van der Waals surface area contributed by atoms with E-state index in [9.17, 15) is 23.9 Å². The van der Waals surface area contributed by atoms with Gasteiger partial charge in [-0.05, 0) is 72.7 Å². The Kier molecular flexibility index (Phi) is 6.16. The van der Waals surface area contributed by atoms with Crippen LogP contribution in [0.2, 0.25) is 0 Å². The summed E-state index contributed by atoms with van der Waals surface area (Å²) in [5.74, 6) is -2.19. The monoisotopic (exact) mass is 501 g/mol. The van der Waals surface area contributed by atoms with Crippen molar-refractivity contribution in [1.82, 2.24) is 25.0 Å². The molecule has 10 heteroatoms. The second-order valence-corrected chi connectivity index (χ2v) is 9.09. The molecule has 188 valence electrons. The highest BCUT2D eigenvalue weighted by molar-refractivity contribution is 5.98. The van der Waals surface area contributed by atoms with E-state index >= 15 is 0 Å². The number of carboxylic acids is 1. The van der Waals surface area contributed by atoms with Gasteiger partial charge in [0.25, 0.3) is 11.8 Å². The van der Waals surface area contributed by atoms with Crippen molar-refractivity contribution < 1.29 is 23.9 Å². The van der Waals surface area contributed by atoms with E-state index in [0.717, 1.165) is 16.7 Å². The highest BCUT2D eigenvalue weighted by Gasteiger charge is 2.28. The molecule has 0 aliphatic heterocycles. The first-order chi connectivity index (χ1) is 17.7. The van der Waals surface area contributed by atoms with Crippen molar-refractivity contribution in [3.8, 4) is 0 Å². The SMILES string of the molecule is Cc1cc(CNC(=O)c2cc(C(=O)N[C@H]3CCc4c3ccc(C(=O)O)c4C)n3cncc3n2)ccc1F. The zero-order valence-corrected chi connectivity index (χ0v) is 20.2. The molecule has 5 rings (SSSR count). The minimum absolute atomic E-state index is 0.0470. The smallest absolute Gasteiger partial charge is 0.335 e. The molecule has 0 saturated carbocycles. The summed E-state index contributed by atoms with van der Waals surface area (Å²) in [5, 5.41) is 15.2. The minimum Gasteiger partial charge on any atom is -0.478 e. The summed E-state index contributed by atoms with van der Waals surface area (Å²) in [5.41, 5.74) is 4.57. The molecule has 3 N–H and O–H groups in total. The van der Waals surface area contributed by atoms with Crippen LogP contribution in [0.1, 0.15) is 71.6 Å². The van der Waals surface area contributed by atoms with Gasteiger partial charge in [-0.1, -0.05) is 18.2 Å². The summed E-state index contributed by atoms with van der Waals surface area (Å²) in [6.07, 6.45) is 4.19. The van der Waals surface area contributed by atoms with Gasteiger partial charge in [-0.15, -0.1) is 0 Å². The summed E-state index contributed by atoms with van der Waals surface area (Å²) in [6.45, 7) is 3.60. The first kappa shape index (κ1) is 24.1. The first-order valence-electron chi connectivity index (χ1n) is 11.8. The Hall–Kier alpha value is -4.60. The maximum absolute atomic E-state index is 13.5. The number of fused-ring (bicyclic) bond motifs is 2. The third kappa shape index (κ3) is 4.53. The number of carbonyl (C=O) groups excluding carboxylic acids is 2. The van der Waals surface area contributed by atoms with Crippen molar-refractivity contribution in [3.05, 3.63) is 99.5 Å². The highest BCUT2D eigenvalue weighted by atomic mass is 19.1. The number of nitrogens with one attached hydrogen (secondary N) is 2. The number of aromatic nitrogens is 3. The van der Waals surface area contributed by atoms with Gasteiger partial charge in [-0.25, -0.2) is 19.2 Å². The van der Waals surface area contributed by atoms with Crippen molar-refractivity contribution in [3.63, 3.8) is 0 Å². The Morgan fingerprint density at radius 1 is 1.14 bits per heavy atom.